The van der Waals surface area contributed by atoms with Crippen LogP contribution in [0, 0.1) is 5.41 Å². The predicted molar refractivity (Wildman–Crippen MR) is 60.0 cm³/mol. The second-order valence-electron chi connectivity index (χ2n) is 2.69. The van der Waals surface area contributed by atoms with Gasteiger partial charge >= 0.3 is 5.24 Å². The van der Waals surface area contributed by atoms with Crippen LogP contribution in [0.4, 0.5) is 0 Å². The molecule has 0 aliphatic rings. The van der Waals surface area contributed by atoms with Crippen molar-refractivity contribution in [3.63, 3.8) is 0 Å². The summed E-state index contributed by atoms with van der Waals surface area (Å²) in [4.78, 5) is 0. The fraction of sp³-hybridized carbons (Fsp3) is 0.778. The van der Waals surface area contributed by atoms with Gasteiger partial charge in [0.1, 0.15) is 0 Å². The molecule has 13 heavy (non-hydrogen) atoms. The number of nitrogens with one attached hydrogen (secondary N) is 1. The minimum atomic E-state index is -1.000. The maximum atomic E-state index is 7.34. The highest BCUT2D eigenvalue weighted by atomic mass is 32.1. The number of hydrogen-bond acceptors (Lipinski definition) is 2. The topological polar surface area (TPSA) is 64.3 Å². The zero-order valence-corrected chi connectivity index (χ0v) is 8.94. The van der Waals surface area contributed by atoms with Crippen LogP contribution in [0.5, 0.6) is 0 Å². The van der Waals surface area contributed by atoms with E-state index < -0.39 is 5.24 Å². The first-order chi connectivity index (χ1) is 6.15. The van der Waals surface area contributed by atoms with Gasteiger partial charge in [0.2, 0.25) is 0 Å². The molecule has 0 aliphatic carbocycles. The third kappa shape index (κ3) is 34.6. The van der Waals surface area contributed by atoms with Crippen molar-refractivity contribution in [1.82, 2.24) is 0 Å². The summed E-state index contributed by atoms with van der Waals surface area (Å²) in [7, 11) is 0. The quantitative estimate of drug-likeness (QED) is 0.354. The summed E-state index contributed by atoms with van der Waals surface area (Å²) in [6, 6.07) is 0. The summed E-state index contributed by atoms with van der Waals surface area (Å²) < 4.78 is 0. The molecule has 0 saturated heterocycles. The predicted octanol–water partition coefficient (Wildman–Crippen LogP) is 3.38. The van der Waals surface area contributed by atoms with E-state index in [1.54, 1.807) is 0 Å². The second-order valence-corrected chi connectivity index (χ2v) is 3.05. The van der Waals surface area contributed by atoms with E-state index >= 15 is 0 Å². The molecular formula is C9H19NO2S. The van der Waals surface area contributed by atoms with Crippen molar-refractivity contribution < 1.29 is 10.2 Å². The molecule has 0 spiro atoms. The normalized spacial score (nSPS) is 8.38. The first-order valence-corrected chi connectivity index (χ1v) is 4.96. The fourth-order valence-electron chi connectivity index (χ4n) is 0.850. The molecule has 0 fully saturated rings. The number of rotatable bonds is 6. The Morgan fingerprint density at radius 3 is 2.08 bits per heavy atom. The Balaban J connectivity index is 0. The van der Waals surface area contributed by atoms with Crippen LogP contribution in [-0.2, 0) is 0 Å². The first-order valence-electron chi connectivity index (χ1n) is 4.56. The monoisotopic (exact) mass is 205 g/mol. The van der Waals surface area contributed by atoms with Gasteiger partial charge < -0.3 is 15.6 Å². The van der Waals surface area contributed by atoms with E-state index in [-0.39, 0.29) is 0 Å². The van der Waals surface area contributed by atoms with Crippen molar-refractivity contribution in [1.29, 1.82) is 5.41 Å². The van der Waals surface area contributed by atoms with Crippen molar-refractivity contribution in [3.05, 3.63) is 0 Å². The Hall–Kier alpha value is -0.640. The van der Waals surface area contributed by atoms with E-state index in [4.69, 9.17) is 15.6 Å². The zero-order chi connectivity index (χ0) is 10.5. The highest BCUT2D eigenvalue weighted by Gasteiger charge is 1.84. The zero-order valence-electron chi connectivity index (χ0n) is 8.12. The number of thiocarbonyl (C=S) groups is 1. The molecule has 0 aromatic heterocycles. The Morgan fingerprint density at radius 1 is 1.23 bits per heavy atom. The van der Waals surface area contributed by atoms with Gasteiger partial charge in [-0.2, -0.15) is 0 Å². The van der Waals surface area contributed by atoms with Crippen molar-refractivity contribution >= 4 is 23.7 Å². The van der Waals surface area contributed by atoms with E-state index in [1.807, 2.05) is 0 Å². The lowest BCUT2D eigenvalue weighted by molar-refractivity contribution is 0.386. The van der Waals surface area contributed by atoms with Gasteiger partial charge in [-0.05, 0) is 19.1 Å². The lowest BCUT2D eigenvalue weighted by Gasteiger charge is -1.94. The average molecular weight is 205 g/mol. The van der Waals surface area contributed by atoms with Crippen LogP contribution in [0.15, 0.2) is 0 Å². The van der Waals surface area contributed by atoms with Crippen LogP contribution in [0.1, 0.15) is 45.4 Å². The lowest BCUT2D eigenvalue weighted by atomic mass is 10.1. The van der Waals surface area contributed by atoms with Gasteiger partial charge in [-0.1, -0.05) is 32.6 Å². The molecule has 0 amide bonds. The highest BCUT2D eigenvalue weighted by molar-refractivity contribution is 7.79. The Labute approximate surface area is 85.3 Å². The molecule has 3 N–H and O–H groups in total. The lowest BCUT2D eigenvalue weighted by Crippen LogP contribution is -1.80. The van der Waals surface area contributed by atoms with Gasteiger partial charge in [-0.25, -0.2) is 0 Å². The molecule has 3 nitrogen and oxygen atoms in total. The summed E-state index contributed by atoms with van der Waals surface area (Å²) in [5.41, 5.74) is 0. The van der Waals surface area contributed by atoms with Crippen LogP contribution >= 0.6 is 12.2 Å². The van der Waals surface area contributed by atoms with Gasteiger partial charge in [-0.3, -0.25) is 0 Å². The average Bonchev–Trinajstić information content (AvgIpc) is 2.03. The summed E-state index contributed by atoms with van der Waals surface area (Å²) >= 11 is 3.65. The second kappa shape index (κ2) is 13.9. The van der Waals surface area contributed by atoms with E-state index in [0.717, 1.165) is 6.42 Å². The largest absolute Gasteiger partial charge is 0.473 e. The summed E-state index contributed by atoms with van der Waals surface area (Å²) in [5, 5.41) is 20.4. The molecule has 0 aliphatic heterocycles. The van der Waals surface area contributed by atoms with Crippen LogP contribution < -0.4 is 0 Å². The molecule has 0 heterocycles. The van der Waals surface area contributed by atoms with Crippen molar-refractivity contribution in [3.8, 4) is 0 Å². The third-order valence-electron chi connectivity index (χ3n) is 1.45. The number of unbranched alkanes of at least 4 members (excludes halogenated alkanes) is 5. The number of aliphatic hydroxyl groups is 2. The molecule has 0 aromatic rings. The third-order valence-corrected chi connectivity index (χ3v) is 1.45. The van der Waals surface area contributed by atoms with Gasteiger partial charge in [0, 0.05) is 12.2 Å². The Bertz CT molecular complexity index is 125. The maximum Gasteiger partial charge on any atom is 0.347 e. The molecule has 0 rings (SSSR count). The minimum absolute atomic E-state index is 0.976. The summed E-state index contributed by atoms with van der Waals surface area (Å²) in [6.07, 6.45) is 9.02. The minimum Gasteiger partial charge on any atom is -0.473 e. The van der Waals surface area contributed by atoms with E-state index in [0.29, 0.717) is 0 Å². The number of aliphatic hydroxyl groups excluding tert-OH is 1. The van der Waals surface area contributed by atoms with E-state index in [2.05, 4.69) is 19.1 Å². The number of hydrogen-bond donors (Lipinski definition) is 3. The van der Waals surface area contributed by atoms with Crippen LogP contribution in [0.3, 0.4) is 0 Å². The van der Waals surface area contributed by atoms with Crippen molar-refractivity contribution in [2.24, 2.45) is 0 Å². The molecule has 78 valence electrons. The summed E-state index contributed by atoms with van der Waals surface area (Å²) in [6.45, 7) is 2.22. The summed E-state index contributed by atoms with van der Waals surface area (Å²) in [5.74, 6) is 0. The van der Waals surface area contributed by atoms with Crippen molar-refractivity contribution in [2.75, 3.05) is 0 Å². The molecule has 0 radical (unpaired) electrons. The molecule has 4 heteroatoms. The maximum absolute atomic E-state index is 7.34. The Kier molecular flexibility index (Phi) is 15.9. The fourth-order valence-corrected chi connectivity index (χ4v) is 0.850. The van der Waals surface area contributed by atoms with Gasteiger partial charge in [0.05, 0.1) is 0 Å². The standard InChI is InChI=1S/C8H17N.CH2O2S/c1-2-3-4-5-6-7-8-9;2-1(3)4/h8-9H,2-7H2,1H3;(H2,2,3,4). The van der Waals surface area contributed by atoms with Crippen molar-refractivity contribution in [2.45, 2.75) is 45.4 Å². The SMILES string of the molecule is CCCCCCCC=N.OC(O)=S. The highest BCUT2D eigenvalue weighted by Crippen LogP contribution is 2.02. The van der Waals surface area contributed by atoms with Crippen LogP contribution in [-0.4, -0.2) is 21.7 Å². The van der Waals surface area contributed by atoms with Crippen LogP contribution in [0.2, 0.25) is 0 Å². The van der Waals surface area contributed by atoms with Gasteiger partial charge in [0.25, 0.3) is 0 Å². The molecule has 0 aromatic carbocycles. The molecule has 0 saturated carbocycles. The first kappa shape index (κ1) is 14.9. The Morgan fingerprint density at radius 2 is 1.69 bits per heavy atom. The molecule has 0 atom stereocenters. The van der Waals surface area contributed by atoms with Gasteiger partial charge in [-0.15, -0.1) is 0 Å². The van der Waals surface area contributed by atoms with Gasteiger partial charge in [0.15, 0.2) is 0 Å². The molecular weight excluding hydrogens is 186 g/mol. The van der Waals surface area contributed by atoms with Crippen LogP contribution in [0.25, 0.3) is 0 Å². The smallest absolute Gasteiger partial charge is 0.347 e. The van der Waals surface area contributed by atoms with E-state index in [9.17, 15) is 0 Å². The van der Waals surface area contributed by atoms with E-state index in [1.165, 1.54) is 38.3 Å². The molecule has 0 bridgehead atoms. The molecule has 0 unspecified atom stereocenters.